The molecule has 2 aliphatic carbocycles. The van der Waals surface area contributed by atoms with Gasteiger partial charge in [-0.05, 0) is 41.4 Å². The molecule has 0 N–H and O–H groups in total. The molecule has 1 aromatic carbocycles. The average Bonchev–Trinajstić information content (AvgIpc) is 2.50. The quantitative estimate of drug-likeness (QED) is 0.700. The molecule has 0 amide bonds. The molecule has 0 bridgehead atoms. The molecule has 27 heavy (non-hydrogen) atoms. The SMILES string of the molecule is CC1(C)CC(=O)C2C(=NC3=C(C(=O)CC(C)(C)C3)C2c2cccc(F)c2)C1. The second-order valence-electron chi connectivity index (χ2n) is 9.90. The highest BCUT2D eigenvalue weighted by Crippen LogP contribution is 2.51. The Morgan fingerprint density at radius 3 is 2.37 bits per heavy atom. The van der Waals surface area contributed by atoms with Crippen LogP contribution in [0.2, 0.25) is 0 Å². The van der Waals surface area contributed by atoms with E-state index in [2.05, 4.69) is 27.7 Å². The zero-order valence-electron chi connectivity index (χ0n) is 16.4. The van der Waals surface area contributed by atoms with E-state index in [1.54, 1.807) is 6.07 Å². The first-order valence-corrected chi connectivity index (χ1v) is 9.68. The van der Waals surface area contributed by atoms with Crippen LogP contribution in [0.4, 0.5) is 4.39 Å². The molecule has 4 rings (SSSR count). The zero-order valence-corrected chi connectivity index (χ0v) is 16.4. The lowest BCUT2D eigenvalue weighted by Crippen LogP contribution is -2.45. The molecule has 2 unspecified atom stereocenters. The number of hydrogen-bond donors (Lipinski definition) is 0. The maximum absolute atomic E-state index is 14.0. The summed E-state index contributed by atoms with van der Waals surface area (Å²) in [6.07, 6.45) is 2.35. The fourth-order valence-electron chi connectivity index (χ4n) is 5.07. The number of Topliss-reactive ketones (excluding diaryl/α,β-unsaturated/α-hetero) is 2. The van der Waals surface area contributed by atoms with Crippen LogP contribution >= 0.6 is 0 Å². The Morgan fingerprint density at radius 2 is 1.67 bits per heavy atom. The van der Waals surface area contributed by atoms with Gasteiger partial charge in [0.2, 0.25) is 0 Å². The second kappa shape index (κ2) is 5.95. The third-order valence-electron chi connectivity index (χ3n) is 6.05. The number of ketones is 2. The van der Waals surface area contributed by atoms with E-state index < -0.39 is 11.8 Å². The van der Waals surface area contributed by atoms with Crippen molar-refractivity contribution in [1.82, 2.24) is 0 Å². The number of allylic oxidation sites excluding steroid dienone is 2. The molecular formula is C23H26FNO2. The molecule has 3 nitrogen and oxygen atoms in total. The van der Waals surface area contributed by atoms with Crippen molar-refractivity contribution in [1.29, 1.82) is 0 Å². The first-order chi connectivity index (χ1) is 12.6. The minimum atomic E-state index is -0.441. The van der Waals surface area contributed by atoms with Crippen LogP contribution in [0.25, 0.3) is 0 Å². The Balaban J connectivity index is 1.92. The van der Waals surface area contributed by atoms with Crippen molar-refractivity contribution in [3.8, 4) is 0 Å². The molecule has 142 valence electrons. The molecule has 1 heterocycles. The normalized spacial score (nSPS) is 29.1. The van der Waals surface area contributed by atoms with Crippen molar-refractivity contribution in [2.24, 2.45) is 21.7 Å². The number of hydrogen-bond acceptors (Lipinski definition) is 3. The van der Waals surface area contributed by atoms with Crippen LogP contribution in [0.1, 0.15) is 64.9 Å². The topological polar surface area (TPSA) is 46.5 Å². The van der Waals surface area contributed by atoms with Gasteiger partial charge in [0.15, 0.2) is 5.78 Å². The first-order valence-electron chi connectivity index (χ1n) is 9.68. The molecule has 1 aliphatic heterocycles. The Hall–Kier alpha value is -2.10. The lowest BCUT2D eigenvalue weighted by atomic mass is 9.60. The van der Waals surface area contributed by atoms with Gasteiger partial charge in [-0.25, -0.2) is 4.39 Å². The summed E-state index contributed by atoms with van der Waals surface area (Å²) in [6, 6.07) is 6.36. The van der Waals surface area contributed by atoms with Gasteiger partial charge < -0.3 is 0 Å². The number of benzene rings is 1. The molecule has 2 atom stereocenters. The van der Waals surface area contributed by atoms with E-state index in [-0.39, 0.29) is 28.2 Å². The summed E-state index contributed by atoms with van der Waals surface area (Å²) in [5.74, 6) is -1.02. The molecule has 1 aromatic rings. The minimum absolute atomic E-state index is 0.0518. The lowest BCUT2D eigenvalue weighted by molar-refractivity contribution is -0.124. The summed E-state index contributed by atoms with van der Waals surface area (Å²) in [6.45, 7) is 8.32. The van der Waals surface area contributed by atoms with E-state index in [4.69, 9.17) is 4.99 Å². The van der Waals surface area contributed by atoms with Crippen LogP contribution in [0.15, 0.2) is 40.5 Å². The fraction of sp³-hybridized carbons (Fsp3) is 0.522. The Bertz CT molecular complexity index is 907. The van der Waals surface area contributed by atoms with E-state index in [9.17, 15) is 14.0 Å². The lowest BCUT2D eigenvalue weighted by Gasteiger charge is -2.44. The Kier molecular flexibility index (Phi) is 4.03. The van der Waals surface area contributed by atoms with Crippen LogP contribution in [-0.2, 0) is 9.59 Å². The number of carbonyl (C=O) groups excluding carboxylic acids is 2. The van der Waals surface area contributed by atoms with Gasteiger partial charge >= 0.3 is 0 Å². The van der Waals surface area contributed by atoms with Crippen molar-refractivity contribution < 1.29 is 14.0 Å². The summed E-state index contributed by atoms with van der Waals surface area (Å²) < 4.78 is 14.0. The number of carbonyl (C=O) groups is 2. The summed E-state index contributed by atoms with van der Waals surface area (Å²) in [5, 5.41) is 0. The molecule has 0 aromatic heterocycles. The highest BCUT2D eigenvalue weighted by Gasteiger charge is 2.49. The Morgan fingerprint density at radius 1 is 0.963 bits per heavy atom. The molecule has 1 saturated carbocycles. The van der Waals surface area contributed by atoms with Crippen LogP contribution < -0.4 is 0 Å². The zero-order chi connectivity index (χ0) is 19.6. The standard InChI is InChI=1S/C23H26FNO2/c1-22(2)9-15-20(17(26)11-22)19(13-6-5-7-14(24)8-13)21-16(25-15)10-23(3,4)12-18(21)27/h5-8,19-20H,9-12H2,1-4H3. The van der Waals surface area contributed by atoms with Crippen molar-refractivity contribution in [3.63, 3.8) is 0 Å². The first kappa shape index (κ1) is 18.3. The molecule has 0 radical (unpaired) electrons. The Labute approximate surface area is 159 Å². The van der Waals surface area contributed by atoms with E-state index >= 15 is 0 Å². The molecule has 0 spiro atoms. The highest BCUT2D eigenvalue weighted by molar-refractivity contribution is 6.13. The number of rotatable bonds is 1. The summed E-state index contributed by atoms with van der Waals surface area (Å²) in [7, 11) is 0. The second-order valence-corrected chi connectivity index (χ2v) is 9.90. The van der Waals surface area contributed by atoms with Gasteiger partial charge in [-0.3, -0.25) is 14.6 Å². The van der Waals surface area contributed by atoms with Gasteiger partial charge in [-0.1, -0.05) is 39.8 Å². The van der Waals surface area contributed by atoms with E-state index in [1.807, 2.05) is 6.07 Å². The maximum atomic E-state index is 14.0. The number of halogens is 1. The summed E-state index contributed by atoms with van der Waals surface area (Å²) in [5.41, 5.74) is 2.75. The van der Waals surface area contributed by atoms with E-state index in [0.717, 1.165) is 17.8 Å². The van der Waals surface area contributed by atoms with Gasteiger partial charge in [0.25, 0.3) is 0 Å². The van der Waals surface area contributed by atoms with Crippen LogP contribution in [0.3, 0.4) is 0 Å². The fourth-order valence-corrected chi connectivity index (χ4v) is 5.07. The van der Waals surface area contributed by atoms with Crippen molar-refractivity contribution in [2.45, 2.75) is 59.3 Å². The highest BCUT2D eigenvalue weighted by atomic mass is 19.1. The van der Waals surface area contributed by atoms with E-state index in [0.29, 0.717) is 30.4 Å². The average molecular weight is 367 g/mol. The molecule has 0 saturated heterocycles. The van der Waals surface area contributed by atoms with Gasteiger partial charge in [0.1, 0.15) is 11.6 Å². The predicted octanol–water partition coefficient (Wildman–Crippen LogP) is 5.01. The predicted molar refractivity (Wildman–Crippen MR) is 103 cm³/mol. The number of nitrogens with zero attached hydrogens (tertiary/aromatic N) is 1. The van der Waals surface area contributed by atoms with Gasteiger partial charge in [0, 0.05) is 35.7 Å². The largest absolute Gasteiger partial charge is 0.299 e. The van der Waals surface area contributed by atoms with Crippen molar-refractivity contribution in [3.05, 3.63) is 46.9 Å². The van der Waals surface area contributed by atoms with Gasteiger partial charge in [-0.15, -0.1) is 0 Å². The van der Waals surface area contributed by atoms with Gasteiger partial charge in [0.05, 0.1) is 5.92 Å². The minimum Gasteiger partial charge on any atom is -0.299 e. The molecule has 3 aliphatic rings. The molecule has 1 fully saturated rings. The molecule has 4 heteroatoms. The monoisotopic (exact) mass is 367 g/mol. The summed E-state index contributed by atoms with van der Waals surface area (Å²) >= 11 is 0. The number of fused-ring (bicyclic) bond motifs is 1. The smallest absolute Gasteiger partial charge is 0.161 e. The van der Waals surface area contributed by atoms with Crippen LogP contribution in [0, 0.1) is 22.6 Å². The van der Waals surface area contributed by atoms with Crippen LogP contribution in [0.5, 0.6) is 0 Å². The third kappa shape index (κ3) is 3.19. The third-order valence-corrected chi connectivity index (χ3v) is 6.05. The summed E-state index contributed by atoms with van der Waals surface area (Å²) in [4.78, 5) is 31.1. The van der Waals surface area contributed by atoms with Gasteiger partial charge in [-0.2, -0.15) is 0 Å². The number of aliphatic imine (C=N–C) groups is 1. The van der Waals surface area contributed by atoms with E-state index in [1.165, 1.54) is 12.1 Å². The van der Waals surface area contributed by atoms with Crippen molar-refractivity contribution >= 4 is 17.3 Å². The molecular weight excluding hydrogens is 341 g/mol. The van der Waals surface area contributed by atoms with Crippen molar-refractivity contribution in [2.75, 3.05) is 0 Å². The maximum Gasteiger partial charge on any atom is 0.161 e. The van der Waals surface area contributed by atoms with Crippen LogP contribution in [-0.4, -0.2) is 17.3 Å².